The molecule has 1 saturated heterocycles. The van der Waals surface area contributed by atoms with Gasteiger partial charge in [-0.1, -0.05) is 30.3 Å². The van der Waals surface area contributed by atoms with Crippen molar-refractivity contribution in [2.24, 2.45) is 0 Å². The maximum atomic E-state index is 13.1. The molecule has 5 heteroatoms. The zero-order chi connectivity index (χ0) is 20.8. The summed E-state index contributed by atoms with van der Waals surface area (Å²) in [4.78, 5) is 31.1. The van der Waals surface area contributed by atoms with Crippen LogP contribution in [0.1, 0.15) is 36.7 Å². The fourth-order valence-electron chi connectivity index (χ4n) is 3.84. The van der Waals surface area contributed by atoms with E-state index < -0.39 is 0 Å². The van der Waals surface area contributed by atoms with Gasteiger partial charge in [-0.15, -0.1) is 0 Å². The highest BCUT2D eigenvalue weighted by Gasteiger charge is 2.28. The molecule has 5 nitrogen and oxygen atoms in total. The summed E-state index contributed by atoms with van der Waals surface area (Å²) in [6, 6.07) is 17.8. The number of amides is 1. The number of hydrogen-bond acceptors (Lipinski definition) is 4. The molecule has 154 valence electrons. The van der Waals surface area contributed by atoms with Crippen LogP contribution in [0.25, 0.3) is 0 Å². The number of anilines is 1. The minimum Gasteiger partial charge on any atom is -0.369 e. The molecule has 1 aliphatic rings. The summed E-state index contributed by atoms with van der Waals surface area (Å²) in [6.07, 6.45) is 0. The number of nitrogens with zero attached hydrogens (tertiary/aromatic N) is 3. The minimum absolute atomic E-state index is 0.0877. The molecule has 0 radical (unpaired) electrons. The van der Waals surface area contributed by atoms with Gasteiger partial charge in [-0.05, 0) is 50.6 Å². The lowest BCUT2D eigenvalue weighted by atomic mass is 10.1. The third kappa shape index (κ3) is 5.24. The number of Topliss-reactive ketones (excluding diaryl/α,β-unsaturated/α-hetero) is 1. The Morgan fingerprint density at radius 1 is 0.966 bits per heavy atom. The number of carbonyl (C=O) groups is 2. The highest BCUT2D eigenvalue weighted by Crippen LogP contribution is 2.19. The second-order valence-electron chi connectivity index (χ2n) is 7.64. The Labute approximate surface area is 173 Å². The highest BCUT2D eigenvalue weighted by atomic mass is 16.2. The highest BCUT2D eigenvalue weighted by molar-refractivity contribution is 5.94. The third-order valence-electron chi connectivity index (χ3n) is 5.77. The Morgan fingerprint density at radius 2 is 1.59 bits per heavy atom. The molecule has 1 aliphatic heterocycles. The number of ketones is 1. The Balaban J connectivity index is 1.56. The maximum absolute atomic E-state index is 13.1. The second-order valence-corrected chi connectivity index (χ2v) is 7.64. The Hall–Kier alpha value is -2.66. The van der Waals surface area contributed by atoms with Gasteiger partial charge in [0.05, 0.1) is 6.04 Å². The second kappa shape index (κ2) is 9.70. The SMILES string of the molecule is CCN(Cc1ccccc1)C(=O)[C@@H](C)N1CCN(c2ccc(C(C)=O)cc2)CC1. The van der Waals surface area contributed by atoms with Crippen LogP contribution < -0.4 is 4.90 Å². The monoisotopic (exact) mass is 393 g/mol. The summed E-state index contributed by atoms with van der Waals surface area (Å²) in [7, 11) is 0. The maximum Gasteiger partial charge on any atom is 0.239 e. The zero-order valence-electron chi connectivity index (χ0n) is 17.7. The van der Waals surface area contributed by atoms with Gasteiger partial charge in [-0.2, -0.15) is 0 Å². The van der Waals surface area contributed by atoms with E-state index in [0.29, 0.717) is 13.1 Å². The summed E-state index contributed by atoms with van der Waals surface area (Å²) >= 11 is 0. The number of benzene rings is 2. The van der Waals surface area contributed by atoms with Crippen LogP contribution in [0, 0.1) is 0 Å². The molecule has 0 bridgehead atoms. The summed E-state index contributed by atoms with van der Waals surface area (Å²) in [5, 5.41) is 0. The van der Waals surface area contributed by atoms with Crippen LogP contribution in [-0.2, 0) is 11.3 Å². The number of piperazine rings is 1. The molecule has 1 heterocycles. The molecule has 0 unspecified atom stereocenters. The van der Waals surface area contributed by atoms with E-state index in [1.165, 1.54) is 0 Å². The fraction of sp³-hybridized carbons (Fsp3) is 0.417. The van der Waals surface area contributed by atoms with E-state index in [1.807, 2.05) is 61.2 Å². The van der Waals surface area contributed by atoms with Crippen LogP contribution in [0.4, 0.5) is 5.69 Å². The summed E-state index contributed by atoms with van der Waals surface area (Å²) in [5.74, 6) is 0.278. The lowest BCUT2D eigenvalue weighted by Crippen LogP contribution is -2.54. The van der Waals surface area contributed by atoms with Crippen molar-refractivity contribution < 1.29 is 9.59 Å². The van der Waals surface area contributed by atoms with Crippen LogP contribution in [0.2, 0.25) is 0 Å². The molecule has 1 fully saturated rings. The van der Waals surface area contributed by atoms with Gasteiger partial charge in [-0.3, -0.25) is 14.5 Å². The van der Waals surface area contributed by atoms with Crippen molar-refractivity contribution in [1.29, 1.82) is 0 Å². The normalized spacial score (nSPS) is 15.8. The number of likely N-dealkylation sites (N-methyl/N-ethyl adjacent to an activating group) is 1. The largest absolute Gasteiger partial charge is 0.369 e. The first kappa shape index (κ1) is 21.1. The van der Waals surface area contributed by atoms with Crippen molar-refractivity contribution >= 4 is 17.4 Å². The van der Waals surface area contributed by atoms with Crippen LogP contribution >= 0.6 is 0 Å². The first-order valence-corrected chi connectivity index (χ1v) is 10.4. The molecule has 3 rings (SSSR count). The molecule has 1 atom stereocenters. The van der Waals surface area contributed by atoms with E-state index in [2.05, 4.69) is 21.9 Å². The van der Waals surface area contributed by atoms with Crippen LogP contribution in [0.3, 0.4) is 0 Å². The van der Waals surface area contributed by atoms with Gasteiger partial charge in [0, 0.05) is 50.5 Å². The quantitative estimate of drug-likeness (QED) is 0.676. The van der Waals surface area contributed by atoms with Gasteiger partial charge < -0.3 is 9.80 Å². The van der Waals surface area contributed by atoms with Gasteiger partial charge in [0.15, 0.2) is 5.78 Å². The van der Waals surface area contributed by atoms with E-state index in [4.69, 9.17) is 0 Å². The molecule has 2 aromatic rings. The van der Waals surface area contributed by atoms with E-state index in [1.54, 1.807) is 6.92 Å². The van der Waals surface area contributed by atoms with Crippen LogP contribution in [0.5, 0.6) is 0 Å². The number of carbonyl (C=O) groups excluding carboxylic acids is 2. The first-order valence-electron chi connectivity index (χ1n) is 10.4. The summed E-state index contributed by atoms with van der Waals surface area (Å²) < 4.78 is 0. The van der Waals surface area contributed by atoms with Crippen molar-refractivity contribution in [2.75, 3.05) is 37.6 Å². The molecule has 1 amide bonds. The minimum atomic E-state index is -0.124. The summed E-state index contributed by atoms with van der Waals surface area (Å²) in [5.41, 5.74) is 3.03. The average molecular weight is 394 g/mol. The van der Waals surface area contributed by atoms with E-state index in [0.717, 1.165) is 43.0 Å². The molecular weight excluding hydrogens is 362 g/mol. The van der Waals surface area contributed by atoms with Crippen molar-refractivity contribution in [2.45, 2.75) is 33.4 Å². The van der Waals surface area contributed by atoms with E-state index in [-0.39, 0.29) is 17.7 Å². The Kier molecular flexibility index (Phi) is 7.04. The van der Waals surface area contributed by atoms with Crippen LogP contribution in [-0.4, -0.2) is 60.3 Å². The van der Waals surface area contributed by atoms with Gasteiger partial charge in [0.2, 0.25) is 5.91 Å². The lowest BCUT2D eigenvalue weighted by Gasteiger charge is -2.39. The van der Waals surface area contributed by atoms with Gasteiger partial charge in [0.25, 0.3) is 0 Å². The van der Waals surface area contributed by atoms with Crippen LogP contribution in [0.15, 0.2) is 54.6 Å². The predicted molar refractivity (Wildman–Crippen MR) is 117 cm³/mol. The summed E-state index contributed by atoms with van der Waals surface area (Å²) in [6.45, 7) is 10.5. The predicted octanol–water partition coefficient (Wildman–Crippen LogP) is 3.45. The van der Waals surface area contributed by atoms with Gasteiger partial charge in [0.1, 0.15) is 0 Å². The Morgan fingerprint density at radius 3 is 2.14 bits per heavy atom. The molecule has 0 N–H and O–H groups in total. The molecule has 29 heavy (non-hydrogen) atoms. The third-order valence-corrected chi connectivity index (χ3v) is 5.77. The van der Waals surface area contributed by atoms with Crippen molar-refractivity contribution in [3.63, 3.8) is 0 Å². The molecule has 2 aromatic carbocycles. The van der Waals surface area contributed by atoms with E-state index >= 15 is 0 Å². The number of rotatable bonds is 7. The van der Waals surface area contributed by atoms with E-state index in [9.17, 15) is 9.59 Å². The number of hydrogen-bond donors (Lipinski definition) is 0. The lowest BCUT2D eigenvalue weighted by molar-refractivity contribution is -0.137. The molecule has 0 aliphatic carbocycles. The average Bonchev–Trinajstić information content (AvgIpc) is 2.77. The molecule has 0 saturated carbocycles. The van der Waals surface area contributed by atoms with Gasteiger partial charge >= 0.3 is 0 Å². The topological polar surface area (TPSA) is 43.9 Å². The Bertz CT molecular complexity index is 812. The smallest absolute Gasteiger partial charge is 0.239 e. The fourth-order valence-corrected chi connectivity index (χ4v) is 3.84. The van der Waals surface area contributed by atoms with Gasteiger partial charge in [-0.25, -0.2) is 0 Å². The standard InChI is InChI=1S/C24H31N3O2/c1-4-25(18-21-8-6-5-7-9-21)24(29)19(2)26-14-16-27(17-15-26)23-12-10-22(11-13-23)20(3)28/h5-13,19H,4,14-18H2,1-3H3/t19-/m1/s1. The first-order chi connectivity index (χ1) is 14.0. The zero-order valence-corrected chi connectivity index (χ0v) is 17.7. The molecular formula is C24H31N3O2. The van der Waals surface area contributed by atoms with Crippen molar-refractivity contribution in [1.82, 2.24) is 9.80 Å². The molecule has 0 aromatic heterocycles. The van der Waals surface area contributed by atoms with Crippen molar-refractivity contribution in [3.05, 3.63) is 65.7 Å². The van der Waals surface area contributed by atoms with Crippen molar-refractivity contribution in [3.8, 4) is 0 Å². The molecule has 0 spiro atoms.